The average molecular weight is 185 g/mol. The molecular weight excluding hydrogens is 170 g/mol. The second-order valence-corrected chi connectivity index (χ2v) is 3.53. The van der Waals surface area contributed by atoms with Crippen LogP contribution in [0.25, 0.3) is 0 Å². The van der Waals surface area contributed by atoms with Crippen molar-refractivity contribution in [3.8, 4) is 0 Å². The van der Waals surface area contributed by atoms with E-state index in [1.165, 1.54) is 0 Å². The van der Waals surface area contributed by atoms with Crippen molar-refractivity contribution in [2.75, 3.05) is 19.8 Å². The van der Waals surface area contributed by atoms with Gasteiger partial charge in [-0.1, -0.05) is 0 Å². The van der Waals surface area contributed by atoms with Gasteiger partial charge < -0.3 is 14.4 Å². The third kappa shape index (κ3) is 1.63. The lowest BCUT2D eigenvalue weighted by Crippen LogP contribution is -2.43. The smallest absolute Gasteiger partial charge is 0.410 e. The van der Waals surface area contributed by atoms with Crippen LogP contribution in [0.2, 0.25) is 0 Å². The fraction of sp³-hybridized carbons (Fsp3) is 0.889. The second-order valence-electron chi connectivity index (χ2n) is 3.53. The van der Waals surface area contributed by atoms with E-state index >= 15 is 0 Å². The SMILES string of the molecule is CCO[C@H]1CCN2C(=O)OC[C@@H]2C1. The normalized spacial score (nSPS) is 33.0. The maximum Gasteiger partial charge on any atom is 0.410 e. The number of cyclic esters (lactones) is 1. The molecule has 0 aromatic rings. The van der Waals surface area contributed by atoms with E-state index in [0.717, 1.165) is 26.0 Å². The molecule has 74 valence electrons. The summed E-state index contributed by atoms with van der Waals surface area (Å²) in [5.74, 6) is 0. The van der Waals surface area contributed by atoms with Crippen molar-refractivity contribution in [1.29, 1.82) is 0 Å². The Morgan fingerprint density at radius 1 is 1.69 bits per heavy atom. The molecule has 2 heterocycles. The Kier molecular flexibility index (Phi) is 2.40. The molecule has 2 atom stereocenters. The van der Waals surface area contributed by atoms with Crippen LogP contribution < -0.4 is 0 Å². The van der Waals surface area contributed by atoms with Crippen LogP contribution in [0, 0.1) is 0 Å². The molecule has 0 spiro atoms. The highest BCUT2D eigenvalue weighted by Crippen LogP contribution is 2.25. The van der Waals surface area contributed by atoms with Crippen molar-refractivity contribution in [3.05, 3.63) is 0 Å². The molecule has 1 amide bonds. The first-order valence-corrected chi connectivity index (χ1v) is 4.86. The highest BCUT2D eigenvalue weighted by Gasteiger charge is 2.38. The van der Waals surface area contributed by atoms with Crippen molar-refractivity contribution in [2.45, 2.75) is 31.9 Å². The van der Waals surface area contributed by atoms with E-state index in [0.29, 0.717) is 12.7 Å². The van der Waals surface area contributed by atoms with Gasteiger partial charge in [0, 0.05) is 13.2 Å². The fourth-order valence-corrected chi connectivity index (χ4v) is 2.05. The van der Waals surface area contributed by atoms with Crippen LogP contribution >= 0.6 is 0 Å². The van der Waals surface area contributed by atoms with Gasteiger partial charge in [-0.25, -0.2) is 4.79 Å². The summed E-state index contributed by atoms with van der Waals surface area (Å²) in [5, 5.41) is 0. The Morgan fingerprint density at radius 2 is 2.54 bits per heavy atom. The zero-order valence-electron chi connectivity index (χ0n) is 7.86. The molecule has 0 aromatic carbocycles. The second kappa shape index (κ2) is 3.54. The highest BCUT2D eigenvalue weighted by atomic mass is 16.6. The summed E-state index contributed by atoms with van der Waals surface area (Å²) >= 11 is 0. The monoisotopic (exact) mass is 185 g/mol. The van der Waals surface area contributed by atoms with Crippen LogP contribution in [0.1, 0.15) is 19.8 Å². The minimum atomic E-state index is -0.153. The Labute approximate surface area is 77.8 Å². The van der Waals surface area contributed by atoms with Crippen molar-refractivity contribution < 1.29 is 14.3 Å². The van der Waals surface area contributed by atoms with Crippen LogP contribution in [0.5, 0.6) is 0 Å². The van der Waals surface area contributed by atoms with Gasteiger partial charge in [0.25, 0.3) is 0 Å². The first-order chi connectivity index (χ1) is 6.31. The average Bonchev–Trinajstić information content (AvgIpc) is 2.48. The molecule has 2 aliphatic rings. The summed E-state index contributed by atoms with van der Waals surface area (Å²) in [4.78, 5) is 13.0. The number of hydrogen-bond donors (Lipinski definition) is 0. The number of rotatable bonds is 2. The van der Waals surface area contributed by atoms with E-state index in [1.807, 2.05) is 11.8 Å². The van der Waals surface area contributed by atoms with E-state index in [1.54, 1.807) is 0 Å². The van der Waals surface area contributed by atoms with Gasteiger partial charge in [-0.15, -0.1) is 0 Å². The largest absolute Gasteiger partial charge is 0.447 e. The molecule has 0 aromatic heterocycles. The summed E-state index contributed by atoms with van der Waals surface area (Å²) in [6.07, 6.45) is 2.04. The molecule has 0 saturated carbocycles. The molecule has 2 saturated heterocycles. The number of carbonyl (C=O) groups is 1. The van der Waals surface area contributed by atoms with Crippen LogP contribution in [0.15, 0.2) is 0 Å². The van der Waals surface area contributed by atoms with E-state index in [4.69, 9.17) is 9.47 Å². The number of piperidine rings is 1. The Morgan fingerprint density at radius 3 is 3.31 bits per heavy atom. The lowest BCUT2D eigenvalue weighted by Gasteiger charge is -2.31. The maximum absolute atomic E-state index is 11.1. The zero-order valence-corrected chi connectivity index (χ0v) is 7.86. The van der Waals surface area contributed by atoms with Gasteiger partial charge in [0.2, 0.25) is 0 Å². The number of fused-ring (bicyclic) bond motifs is 1. The summed E-state index contributed by atoms with van der Waals surface area (Å²) in [6, 6.07) is 0.262. The first-order valence-electron chi connectivity index (χ1n) is 4.86. The maximum atomic E-state index is 11.1. The fourth-order valence-electron chi connectivity index (χ4n) is 2.05. The third-order valence-corrected chi connectivity index (χ3v) is 2.70. The molecule has 0 unspecified atom stereocenters. The molecule has 2 fully saturated rings. The van der Waals surface area contributed by atoms with Gasteiger partial charge in [0.1, 0.15) is 6.61 Å². The van der Waals surface area contributed by atoms with Crippen LogP contribution in [-0.2, 0) is 9.47 Å². The van der Waals surface area contributed by atoms with Gasteiger partial charge in [0.05, 0.1) is 12.1 Å². The topological polar surface area (TPSA) is 38.8 Å². The minimum Gasteiger partial charge on any atom is -0.447 e. The third-order valence-electron chi connectivity index (χ3n) is 2.70. The number of nitrogens with zero attached hydrogens (tertiary/aromatic N) is 1. The van der Waals surface area contributed by atoms with Gasteiger partial charge in [-0.2, -0.15) is 0 Å². The van der Waals surface area contributed by atoms with Crippen molar-refractivity contribution in [3.63, 3.8) is 0 Å². The first kappa shape index (κ1) is 8.81. The lowest BCUT2D eigenvalue weighted by atomic mass is 10.0. The van der Waals surface area contributed by atoms with Gasteiger partial charge >= 0.3 is 6.09 Å². The summed E-state index contributed by atoms with van der Waals surface area (Å²) in [5.41, 5.74) is 0. The van der Waals surface area contributed by atoms with Gasteiger partial charge in [-0.3, -0.25) is 0 Å². The Balaban J connectivity index is 1.91. The highest BCUT2D eigenvalue weighted by molar-refractivity contribution is 5.70. The predicted octanol–water partition coefficient (Wildman–Crippen LogP) is 1.01. The number of hydrogen-bond acceptors (Lipinski definition) is 3. The summed E-state index contributed by atoms with van der Waals surface area (Å²) in [6.45, 7) is 4.09. The molecular formula is C9H15NO3. The van der Waals surface area contributed by atoms with E-state index in [9.17, 15) is 4.79 Å². The van der Waals surface area contributed by atoms with E-state index in [-0.39, 0.29) is 12.1 Å². The molecule has 0 N–H and O–H groups in total. The molecule has 0 bridgehead atoms. The molecule has 0 radical (unpaired) electrons. The van der Waals surface area contributed by atoms with Gasteiger partial charge in [0.15, 0.2) is 0 Å². The van der Waals surface area contributed by atoms with E-state index in [2.05, 4.69) is 0 Å². The number of carbonyl (C=O) groups excluding carboxylic acids is 1. The van der Waals surface area contributed by atoms with Crippen molar-refractivity contribution in [1.82, 2.24) is 4.90 Å². The minimum absolute atomic E-state index is 0.153. The molecule has 4 nitrogen and oxygen atoms in total. The molecule has 2 aliphatic heterocycles. The standard InChI is InChI=1S/C9H15NO3/c1-2-12-8-3-4-10-7(5-8)6-13-9(10)11/h7-8H,2-6H2,1H3/t7-,8-/m0/s1. The quantitative estimate of drug-likeness (QED) is 0.644. The lowest BCUT2D eigenvalue weighted by molar-refractivity contribution is 0.0101. The molecule has 0 aliphatic carbocycles. The van der Waals surface area contributed by atoms with Crippen LogP contribution in [-0.4, -0.2) is 42.9 Å². The van der Waals surface area contributed by atoms with Crippen molar-refractivity contribution >= 4 is 6.09 Å². The van der Waals surface area contributed by atoms with Gasteiger partial charge in [-0.05, 0) is 19.8 Å². The van der Waals surface area contributed by atoms with E-state index < -0.39 is 0 Å². The van der Waals surface area contributed by atoms with Crippen LogP contribution in [0.4, 0.5) is 4.79 Å². The van der Waals surface area contributed by atoms with Crippen LogP contribution in [0.3, 0.4) is 0 Å². The summed E-state index contributed by atoms with van der Waals surface area (Å²) in [7, 11) is 0. The Bertz CT molecular complexity index is 207. The predicted molar refractivity (Wildman–Crippen MR) is 46.5 cm³/mol. The van der Waals surface area contributed by atoms with Crippen molar-refractivity contribution in [2.24, 2.45) is 0 Å². The number of ether oxygens (including phenoxy) is 2. The summed E-state index contributed by atoms with van der Waals surface area (Å²) < 4.78 is 10.5. The number of amides is 1. The molecule has 4 heteroatoms. The Hall–Kier alpha value is -0.770. The molecule has 2 rings (SSSR count). The molecule has 13 heavy (non-hydrogen) atoms. The zero-order chi connectivity index (χ0) is 9.26.